The average molecular weight is 290 g/mol. The SMILES string of the molecule is CCOC(=O)C(N)(CN1CCCC(C)C1)c1ccccc1. The summed E-state index contributed by atoms with van der Waals surface area (Å²) in [7, 11) is 0. The van der Waals surface area contributed by atoms with Crippen LogP contribution in [0.15, 0.2) is 30.3 Å². The zero-order chi connectivity index (χ0) is 15.3. The lowest BCUT2D eigenvalue weighted by Gasteiger charge is -2.37. The Morgan fingerprint density at radius 1 is 1.43 bits per heavy atom. The molecule has 2 atom stereocenters. The third-order valence-electron chi connectivity index (χ3n) is 4.14. The van der Waals surface area contributed by atoms with E-state index in [0.717, 1.165) is 25.1 Å². The van der Waals surface area contributed by atoms with Crippen molar-refractivity contribution in [3.63, 3.8) is 0 Å². The van der Waals surface area contributed by atoms with Crippen LogP contribution in [0, 0.1) is 5.92 Å². The van der Waals surface area contributed by atoms with Crippen molar-refractivity contribution in [1.82, 2.24) is 4.90 Å². The molecule has 1 saturated heterocycles. The van der Waals surface area contributed by atoms with Crippen molar-refractivity contribution in [2.45, 2.75) is 32.2 Å². The Kier molecular flexibility index (Phi) is 5.37. The molecule has 1 aromatic rings. The van der Waals surface area contributed by atoms with Gasteiger partial charge in [0, 0.05) is 13.1 Å². The molecule has 2 unspecified atom stereocenters. The van der Waals surface area contributed by atoms with Gasteiger partial charge in [0.05, 0.1) is 6.61 Å². The molecule has 0 spiro atoms. The minimum atomic E-state index is -1.09. The lowest BCUT2D eigenvalue weighted by molar-refractivity contribution is -0.151. The molecular weight excluding hydrogens is 264 g/mol. The summed E-state index contributed by atoms with van der Waals surface area (Å²) in [6.45, 7) is 6.91. The van der Waals surface area contributed by atoms with Gasteiger partial charge < -0.3 is 15.4 Å². The number of piperidine rings is 1. The standard InChI is InChI=1S/C17H26N2O2/c1-3-21-16(20)17(18,15-9-5-4-6-10-15)13-19-11-7-8-14(2)12-19/h4-6,9-10,14H,3,7-8,11-13,18H2,1-2H3. The largest absolute Gasteiger partial charge is 0.464 e. The average Bonchev–Trinajstić information content (AvgIpc) is 2.48. The number of hydrogen-bond donors (Lipinski definition) is 1. The van der Waals surface area contributed by atoms with Gasteiger partial charge in [-0.2, -0.15) is 0 Å². The predicted molar refractivity (Wildman–Crippen MR) is 83.8 cm³/mol. The quantitative estimate of drug-likeness (QED) is 0.844. The lowest BCUT2D eigenvalue weighted by atomic mass is 9.89. The first-order valence-electron chi connectivity index (χ1n) is 7.80. The first-order valence-corrected chi connectivity index (χ1v) is 7.80. The van der Waals surface area contributed by atoms with Crippen molar-refractivity contribution in [3.05, 3.63) is 35.9 Å². The minimum Gasteiger partial charge on any atom is -0.464 e. The zero-order valence-corrected chi connectivity index (χ0v) is 13.0. The van der Waals surface area contributed by atoms with Gasteiger partial charge >= 0.3 is 5.97 Å². The fourth-order valence-corrected chi connectivity index (χ4v) is 3.05. The Morgan fingerprint density at radius 2 is 2.14 bits per heavy atom. The van der Waals surface area contributed by atoms with Crippen LogP contribution in [-0.4, -0.2) is 37.1 Å². The Labute approximate surface area is 127 Å². The van der Waals surface area contributed by atoms with Gasteiger partial charge in [-0.1, -0.05) is 37.3 Å². The monoisotopic (exact) mass is 290 g/mol. The highest BCUT2D eigenvalue weighted by atomic mass is 16.5. The van der Waals surface area contributed by atoms with Crippen LogP contribution >= 0.6 is 0 Å². The van der Waals surface area contributed by atoms with Crippen LogP contribution in [-0.2, 0) is 15.1 Å². The van der Waals surface area contributed by atoms with Crippen LogP contribution in [0.25, 0.3) is 0 Å². The number of carbonyl (C=O) groups excluding carboxylic acids is 1. The van der Waals surface area contributed by atoms with Gasteiger partial charge in [0.1, 0.15) is 0 Å². The van der Waals surface area contributed by atoms with Crippen LogP contribution in [0.4, 0.5) is 0 Å². The molecule has 4 heteroatoms. The summed E-state index contributed by atoms with van der Waals surface area (Å²) in [6, 6.07) is 9.57. The van der Waals surface area contributed by atoms with E-state index in [0.29, 0.717) is 19.1 Å². The lowest BCUT2D eigenvalue weighted by Crippen LogP contribution is -2.55. The van der Waals surface area contributed by atoms with Crippen LogP contribution < -0.4 is 5.73 Å². The second-order valence-electron chi connectivity index (χ2n) is 6.04. The molecule has 2 rings (SSSR count). The number of ether oxygens (including phenoxy) is 1. The molecule has 0 bridgehead atoms. The summed E-state index contributed by atoms with van der Waals surface area (Å²) in [5.41, 5.74) is 6.24. The number of nitrogens with zero attached hydrogens (tertiary/aromatic N) is 1. The zero-order valence-electron chi connectivity index (χ0n) is 13.0. The fraction of sp³-hybridized carbons (Fsp3) is 0.588. The van der Waals surface area contributed by atoms with Gasteiger partial charge in [0.2, 0.25) is 0 Å². The molecule has 1 aliphatic heterocycles. The first kappa shape index (κ1) is 16.0. The van der Waals surface area contributed by atoms with Gasteiger partial charge in [-0.25, -0.2) is 4.79 Å². The molecule has 4 nitrogen and oxygen atoms in total. The van der Waals surface area contributed by atoms with Crippen molar-refractivity contribution >= 4 is 5.97 Å². The van der Waals surface area contributed by atoms with Crippen LogP contribution in [0.5, 0.6) is 0 Å². The molecule has 1 heterocycles. The summed E-state index contributed by atoms with van der Waals surface area (Å²) in [5, 5.41) is 0. The Morgan fingerprint density at radius 3 is 2.76 bits per heavy atom. The van der Waals surface area contributed by atoms with Crippen LogP contribution in [0.3, 0.4) is 0 Å². The number of rotatable bonds is 5. The predicted octanol–water partition coefficient (Wildman–Crippen LogP) is 2.14. The second kappa shape index (κ2) is 7.05. The maximum Gasteiger partial charge on any atom is 0.332 e. The van der Waals surface area contributed by atoms with Gasteiger partial charge in [-0.3, -0.25) is 0 Å². The van der Waals surface area contributed by atoms with Gasteiger partial charge in [0.25, 0.3) is 0 Å². The maximum absolute atomic E-state index is 12.4. The molecular formula is C17H26N2O2. The van der Waals surface area contributed by atoms with E-state index in [1.165, 1.54) is 6.42 Å². The van der Waals surface area contributed by atoms with E-state index < -0.39 is 5.54 Å². The molecule has 0 aromatic heterocycles. The normalized spacial score (nSPS) is 22.5. The highest BCUT2D eigenvalue weighted by molar-refractivity contribution is 5.82. The summed E-state index contributed by atoms with van der Waals surface area (Å²) < 4.78 is 5.24. The number of nitrogens with two attached hydrogens (primary N) is 1. The van der Waals surface area contributed by atoms with E-state index in [2.05, 4.69) is 11.8 Å². The van der Waals surface area contributed by atoms with Crippen molar-refractivity contribution in [1.29, 1.82) is 0 Å². The molecule has 2 N–H and O–H groups in total. The molecule has 0 radical (unpaired) electrons. The number of carbonyl (C=O) groups is 1. The van der Waals surface area contributed by atoms with E-state index in [1.807, 2.05) is 37.3 Å². The number of benzene rings is 1. The van der Waals surface area contributed by atoms with E-state index in [-0.39, 0.29) is 5.97 Å². The number of esters is 1. The Balaban J connectivity index is 2.21. The summed E-state index contributed by atoms with van der Waals surface area (Å²) in [4.78, 5) is 14.7. The Bertz CT molecular complexity index is 463. The van der Waals surface area contributed by atoms with Gasteiger partial charge in [-0.05, 0) is 37.8 Å². The van der Waals surface area contributed by atoms with Crippen LogP contribution in [0.1, 0.15) is 32.3 Å². The van der Waals surface area contributed by atoms with Crippen molar-refractivity contribution in [3.8, 4) is 0 Å². The second-order valence-corrected chi connectivity index (χ2v) is 6.04. The summed E-state index contributed by atoms with van der Waals surface area (Å²) in [6.07, 6.45) is 2.41. The summed E-state index contributed by atoms with van der Waals surface area (Å²) in [5.74, 6) is 0.315. The third-order valence-corrected chi connectivity index (χ3v) is 4.14. The number of hydrogen-bond acceptors (Lipinski definition) is 4. The van der Waals surface area contributed by atoms with Crippen molar-refractivity contribution in [2.75, 3.05) is 26.2 Å². The fourth-order valence-electron chi connectivity index (χ4n) is 3.05. The highest BCUT2D eigenvalue weighted by Crippen LogP contribution is 2.24. The first-order chi connectivity index (χ1) is 10.1. The molecule has 0 saturated carbocycles. The maximum atomic E-state index is 12.4. The third kappa shape index (κ3) is 3.83. The smallest absolute Gasteiger partial charge is 0.332 e. The topological polar surface area (TPSA) is 55.6 Å². The van der Waals surface area contributed by atoms with E-state index in [1.54, 1.807) is 0 Å². The van der Waals surface area contributed by atoms with Crippen LogP contribution in [0.2, 0.25) is 0 Å². The summed E-state index contributed by atoms with van der Waals surface area (Å²) >= 11 is 0. The van der Waals surface area contributed by atoms with E-state index in [9.17, 15) is 4.79 Å². The molecule has 1 aromatic carbocycles. The van der Waals surface area contributed by atoms with Crippen molar-refractivity contribution in [2.24, 2.45) is 11.7 Å². The molecule has 21 heavy (non-hydrogen) atoms. The molecule has 0 aliphatic carbocycles. The molecule has 1 aliphatic rings. The van der Waals surface area contributed by atoms with Crippen molar-refractivity contribution < 1.29 is 9.53 Å². The molecule has 0 amide bonds. The Hall–Kier alpha value is -1.39. The molecule has 116 valence electrons. The van der Waals surface area contributed by atoms with Gasteiger partial charge in [-0.15, -0.1) is 0 Å². The number of likely N-dealkylation sites (tertiary alicyclic amines) is 1. The minimum absolute atomic E-state index is 0.338. The molecule has 1 fully saturated rings. The van der Waals surface area contributed by atoms with E-state index >= 15 is 0 Å². The highest BCUT2D eigenvalue weighted by Gasteiger charge is 2.39. The van der Waals surface area contributed by atoms with E-state index in [4.69, 9.17) is 10.5 Å². The van der Waals surface area contributed by atoms with Gasteiger partial charge in [0.15, 0.2) is 5.54 Å².